The van der Waals surface area contributed by atoms with Crippen molar-refractivity contribution in [2.24, 2.45) is 0 Å². The molecule has 0 saturated carbocycles. The Kier molecular flexibility index (Phi) is 2.73. The summed E-state index contributed by atoms with van der Waals surface area (Å²) in [6.07, 6.45) is 3.41. The first kappa shape index (κ1) is 9.53. The van der Waals surface area contributed by atoms with Crippen molar-refractivity contribution in [2.45, 2.75) is 25.2 Å². The second kappa shape index (κ2) is 4.01. The Labute approximate surface area is 84.5 Å². The number of ether oxygens (including phenoxy) is 1. The number of methoxy groups -OCH3 is 1. The summed E-state index contributed by atoms with van der Waals surface area (Å²) in [4.78, 5) is 0. The molecule has 2 rings (SSSR count). The van der Waals surface area contributed by atoms with Crippen LogP contribution in [0.3, 0.4) is 0 Å². The highest BCUT2D eigenvalue weighted by atomic mass is 16.5. The lowest BCUT2D eigenvalue weighted by molar-refractivity contribution is 0.171. The normalized spacial score (nSPS) is 20.5. The third-order valence-electron chi connectivity index (χ3n) is 2.95. The second-order valence-electron chi connectivity index (χ2n) is 3.89. The van der Waals surface area contributed by atoms with E-state index in [2.05, 4.69) is 6.07 Å². The van der Waals surface area contributed by atoms with Gasteiger partial charge in [0.25, 0.3) is 0 Å². The minimum absolute atomic E-state index is 0.380. The minimum Gasteiger partial charge on any atom is -0.508 e. The van der Waals surface area contributed by atoms with Crippen molar-refractivity contribution >= 4 is 0 Å². The van der Waals surface area contributed by atoms with Crippen LogP contribution in [-0.2, 0) is 11.2 Å². The van der Waals surface area contributed by atoms with Crippen LogP contribution in [0.25, 0.3) is 0 Å². The molecule has 2 heteroatoms. The van der Waals surface area contributed by atoms with E-state index in [1.165, 1.54) is 12.0 Å². The molecule has 1 aromatic carbocycles. The van der Waals surface area contributed by atoms with Crippen LogP contribution in [0.2, 0.25) is 0 Å². The highest BCUT2D eigenvalue weighted by Gasteiger charge is 2.22. The van der Waals surface area contributed by atoms with Gasteiger partial charge in [-0.3, -0.25) is 0 Å². The molecule has 76 valence electrons. The van der Waals surface area contributed by atoms with Gasteiger partial charge in [-0.25, -0.2) is 0 Å². The predicted octanol–water partition coefficient (Wildman–Crippen LogP) is 2.46. The van der Waals surface area contributed by atoms with E-state index in [0.29, 0.717) is 18.3 Å². The maximum atomic E-state index is 9.80. The first-order valence-corrected chi connectivity index (χ1v) is 5.12. The van der Waals surface area contributed by atoms with Crippen LogP contribution in [-0.4, -0.2) is 18.8 Å². The Morgan fingerprint density at radius 2 is 2.36 bits per heavy atom. The fourth-order valence-electron chi connectivity index (χ4n) is 2.34. The van der Waals surface area contributed by atoms with Crippen LogP contribution in [0.1, 0.15) is 29.9 Å². The average molecular weight is 192 g/mol. The summed E-state index contributed by atoms with van der Waals surface area (Å²) in [5.74, 6) is 0.814. The maximum Gasteiger partial charge on any atom is 0.119 e. The number of hydrogen-bond acceptors (Lipinski definition) is 2. The number of aryl methyl sites for hydroxylation is 1. The van der Waals surface area contributed by atoms with Crippen molar-refractivity contribution in [1.29, 1.82) is 0 Å². The summed E-state index contributed by atoms with van der Waals surface area (Å²) < 4.78 is 5.18. The van der Waals surface area contributed by atoms with Gasteiger partial charge in [-0.15, -0.1) is 0 Å². The predicted molar refractivity (Wildman–Crippen MR) is 55.7 cm³/mol. The van der Waals surface area contributed by atoms with Crippen molar-refractivity contribution in [3.05, 3.63) is 29.3 Å². The molecule has 1 atom stereocenters. The molecule has 0 fully saturated rings. The Balaban J connectivity index is 2.36. The van der Waals surface area contributed by atoms with Gasteiger partial charge in [-0.05, 0) is 30.9 Å². The molecule has 0 aliphatic heterocycles. The van der Waals surface area contributed by atoms with Crippen LogP contribution in [0.5, 0.6) is 5.75 Å². The fourth-order valence-corrected chi connectivity index (χ4v) is 2.34. The molecule has 0 aromatic heterocycles. The van der Waals surface area contributed by atoms with Gasteiger partial charge in [0.15, 0.2) is 0 Å². The van der Waals surface area contributed by atoms with E-state index in [9.17, 15) is 5.11 Å². The zero-order valence-corrected chi connectivity index (χ0v) is 8.49. The minimum atomic E-state index is 0.380. The number of hydrogen-bond donors (Lipinski definition) is 1. The van der Waals surface area contributed by atoms with Crippen molar-refractivity contribution in [1.82, 2.24) is 0 Å². The van der Waals surface area contributed by atoms with Crippen molar-refractivity contribution in [3.8, 4) is 5.75 Å². The van der Waals surface area contributed by atoms with Crippen LogP contribution in [0.15, 0.2) is 18.2 Å². The first-order valence-electron chi connectivity index (χ1n) is 5.12. The molecule has 0 radical (unpaired) electrons. The van der Waals surface area contributed by atoms with Gasteiger partial charge in [0, 0.05) is 18.6 Å². The Bertz CT molecular complexity index is 320. The molecule has 0 amide bonds. The van der Waals surface area contributed by atoms with Gasteiger partial charge in [0.1, 0.15) is 5.75 Å². The number of fused-ring (bicyclic) bond motifs is 1. The third kappa shape index (κ3) is 1.62. The zero-order valence-electron chi connectivity index (χ0n) is 8.49. The highest BCUT2D eigenvalue weighted by molar-refractivity contribution is 5.43. The van der Waals surface area contributed by atoms with Gasteiger partial charge in [0.2, 0.25) is 0 Å². The Hall–Kier alpha value is -1.02. The van der Waals surface area contributed by atoms with Crippen LogP contribution in [0.4, 0.5) is 0 Å². The van der Waals surface area contributed by atoms with Gasteiger partial charge in [-0.1, -0.05) is 12.1 Å². The van der Waals surface area contributed by atoms with E-state index in [0.717, 1.165) is 18.4 Å². The molecule has 2 nitrogen and oxygen atoms in total. The summed E-state index contributed by atoms with van der Waals surface area (Å²) in [6, 6.07) is 5.80. The number of rotatable bonds is 2. The van der Waals surface area contributed by atoms with Gasteiger partial charge < -0.3 is 9.84 Å². The fraction of sp³-hybridized carbons (Fsp3) is 0.500. The molecule has 1 aliphatic carbocycles. The highest BCUT2D eigenvalue weighted by Crippen LogP contribution is 2.37. The van der Waals surface area contributed by atoms with Gasteiger partial charge in [-0.2, -0.15) is 0 Å². The van der Waals surface area contributed by atoms with Crippen LogP contribution >= 0.6 is 0 Å². The molecular weight excluding hydrogens is 176 g/mol. The third-order valence-corrected chi connectivity index (χ3v) is 2.95. The lowest BCUT2D eigenvalue weighted by Gasteiger charge is -2.25. The van der Waals surface area contributed by atoms with E-state index >= 15 is 0 Å². The van der Waals surface area contributed by atoms with Crippen molar-refractivity contribution in [3.63, 3.8) is 0 Å². The monoisotopic (exact) mass is 192 g/mol. The van der Waals surface area contributed by atoms with E-state index in [1.807, 2.05) is 6.07 Å². The van der Waals surface area contributed by atoms with E-state index in [4.69, 9.17) is 4.74 Å². The SMILES string of the molecule is COCC1CCCc2cccc(O)c21. The number of phenols is 1. The lowest BCUT2D eigenvalue weighted by atomic mass is 9.83. The van der Waals surface area contributed by atoms with E-state index < -0.39 is 0 Å². The summed E-state index contributed by atoms with van der Waals surface area (Å²) in [7, 11) is 1.72. The Morgan fingerprint density at radius 1 is 1.50 bits per heavy atom. The topological polar surface area (TPSA) is 29.5 Å². The summed E-state index contributed by atoms with van der Waals surface area (Å²) in [6.45, 7) is 0.713. The largest absolute Gasteiger partial charge is 0.508 e. The Morgan fingerprint density at radius 3 is 3.14 bits per heavy atom. The summed E-state index contributed by atoms with van der Waals surface area (Å²) >= 11 is 0. The quantitative estimate of drug-likeness (QED) is 0.780. The van der Waals surface area contributed by atoms with Crippen LogP contribution in [0, 0.1) is 0 Å². The van der Waals surface area contributed by atoms with Crippen molar-refractivity contribution < 1.29 is 9.84 Å². The number of phenolic OH excluding ortho intramolecular Hbond substituents is 1. The summed E-state index contributed by atoms with van der Waals surface area (Å²) in [5, 5.41) is 9.80. The zero-order chi connectivity index (χ0) is 9.97. The van der Waals surface area contributed by atoms with E-state index in [1.54, 1.807) is 13.2 Å². The molecule has 14 heavy (non-hydrogen) atoms. The van der Waals surface area contributed by atoms with E-state index in [-0.39, 0.29) is 0 Å². The standard InChI is InChI=1S/C12H16O2/c1-14-8-10-6-2-4-9-5-3-7-11(13)12(9)10/h3,5,7,10,13H,2,4,6,8H2,1H3. The molecule has 0 saturated heterocycles. The molecule has 1 aromatic rings. The van der Waals surface area contributed by atoms with Gasteiger partial charge in [0.05, 0.1) is 6.61 Å². The van der Waals surface area contributed by atoms with Gasteiger partial charge >= 0.3 is 0 Å². The molecule has 0 bridgehead atoms. The number of benzene rings is 1. The molecule has 0 spiro atoms. The lowest BCUT2D eigenvalue weighted by Crippen LogP contribution is -2.14. The smallest absolute Gasteiger partial charge is 0.119 e. The maximum absolute atomic E-state index is 9.80. The van der Waals surface area contributed by atoms with Crippen molar-refractivity contribution in [2.75, 3.05) is 13.7 Å². The molecule has 0 heterocycles. The molecule has 1 aliphatic rings. The molecule has 1 N–H and O–H groups in total. The number of aromatic hydroxyl groups is 1. The molecule has 1 unspecified atom stereocenters. The summed E-state index contributed by atoms with van der Waals surface area (Å²) in [5.41, 5.74) is 2.40. The average Bonchev–Trinajstić information content (AvgIpc) is 2.19. The first-order chi connectivity index (χ1) is 6.83. The van der Waals surface area contributed by atoms with Crippen LogP contribution < -0.4 is 0 Å². The second-order valence-corrected chi connectivity index (χ2v) is 3.89. The molecular formula is C12H16O2.